The van der Waals surface area contributed by atoms with Crippen molar-refractivity contribution in [3.63, 3.8) is 0 Å². The number of hydrogen-bond donors (Lipinski definition) is 0. The Morgan fingerprint density at radius 2 is 1.44 bits per heavy atom. The Balaban J connectivity index is 1.83. The van der Waals surface area contributed by atoms with Crippen LogP contribution in [0.15, 0.2) is 90.6 Å². The number of anilines is 1. The molecule has 0 radical (unpaired) electrons. The summed E-state index contributed by atoms with van der Waals surface area (Å²) >= 11 is 0. The van der Waals surface area contributed by atoms with Crippen LogP contribution in [0.5, 0.6) is 0 Å². The van der Waals surface area contributed by atoms with Gasteiger partial charge in [0.2, 0.25) is 0 Å². The number of non-ortho nitro benzene ring substituents is 1. The number of nitro groups is 1. The summed E-state index contributed by atoms with van der Waals surface area (Å²) < 4.78 is 0. The van der Waals surface area contributed by atoms with E-state index in [1.165, 1.54) is 29.2 Å². The molecule has 0 aliphatic carbocycles. The number of hydrogen-bond acceptors (Lipinski definition) is 5. The molecule has 0 atom stereocenters. The average molecular weight is 427 g/mol. The van der Waals surface area contributed by atoms with Crippen LogP contribution in [-0.4, -0.2) is 28.2 Å². The fourth-order valence-corrected chi connectivity index (χ4v) is 3.79. The average Bonchev–Trinajstić information content (AvgIpc) is 3.08. The zero-order chi connectivity index (χ0) is 22.7. The van der Waals surface area contributed by atoms with Gasteiger partial charge in [-0.15, -0.1) is 0 Å². The highest BCUT2D eigenvalue weighted by molar-refractivity contribution is 6.45. The standard InChI is InChI=1S/C25H21N3O4/c1-2-26(17-18-9-5-3-6-10-18)23-22(19-13-15-21(16-14-19)28(31)32)24(29)27(25(23)30)20-11-7-4-8-12-20/h3-16H,2,17H2,1H3. The molecule has 0 aromatic heterocycles. The van der Waals surface area contributed by atoms with Gasteiger partial charge in [-0.25, -0.2) is 4.90 Å². The number of para-hydroxylation sites is 1. The van der Waals surface area contributed by atoms with Crippen molar-refractivity contribution in [3.8, 4) is 0 Å². The van der Waals surface area contributed by atoms with E-state index in [2.05, 4.69) is 0 Å². The Hall–Kier alpha value is -4.26. The Morgan fingerprint density at radius 1 is 0.844 bits per heavy atom. The highest BCUT2D eigenvalue weighted by Crippen LogP contribution is 2.35. The van der Waals surface area contributed by atoms with Gasteiger partial charge < -0.3 is 4.90 Å². The van der Waals surface area contributed by atoms with E-state index in [1.54, 1.807) is 24.3 Å². The normalized spacial score (nSPS) is 13.6. The maximum absolute atomic E-state index is 13.6. The number of amides is 2. The molecule has 1 heterocycles. The first kappa shape index (κ1) is 21.0. The van der Waals surface area contributed by atoms with Crippen molar-refractivity contribution in [1.82, 2.24) is 4.90 Å². The van der Waals surface area contributed by atoms with Crippen LogP contribution in [0.2, 0.25) is 0 Å². The molecule has 160 valence electrons. The van der Waals surface area contributed by atoms with Crippen molar-refractivity contribution in [2.75, 3.05) is 11.4 Å². The second kappa shape index (κ2) is 8.85. The molecule has 1 aliphatic rings. The van der Waals surface area contributed by atoms with Crippen LogP contribution in [0.25, 0.3) is 5.57 Å². The number of benzene rings is 3. The molecular weight excluding hydrogens is 406 g/mol. The van der Waals surface area contributed by atoms with E-state index in [0.717, 1.165) is 5.56 Å². The van der Waals surface area contributed by atoms with E-state index in [9.17, 15) is 19.7 Å². The molecule has 4 rings (SSSR count). The van der Waals surface area contributed by atoms with Gasteiger partial charge >= 0.3 is 0 Å². The van der Waals surface area contributed by atoms with E-state index in [4.69, 9.17) is 0 Å². The lowest BCUT2D eigenvalue weighted by Gasteiger charge is -2.25. The van der Waals surface area contributed by atoms with Crippen LogP contribution in [-0.2, 0) is 16.1 Å². The number of imide groups is 1. The summed E-state index contributed by atoms with van der Waals surface area (Å²) in [5.74, 6) is -0.858. The van der Waals surface area contributed by atoms with Crippen LogP contribution >= 0.6 is 0 Å². The Labute approximate surface area is 185 Å². The van der Waals surface area contributed by atoms with E-state index in [1.807, 2.05) is 48.2 Å². The fraction of sp³-hybridized carbons (Fsp3) is 0.120. The third-order valence-corrected chi connectivity index (χ3v) is 5.35. The van der Waals surface area contributed by atoms with Crippen LogP contribution < -0.4 is 4.90 Å². The Bertz CT molecular complexity index is 1190. The van der Waals surface area contributed by atoms with Crippen molar-refractivity contribution in [2.45, 2.75) is 13.5 Å². The van der Waals surface area contributed by atoms with Crippen LogP contribution in [0, 0.1) is 10.1 Å². The number of likely N-dealkylation sites (N-methyl/N-ethyl adjacent to an activating group) is 1. The first-order chi connectivity index (χ1) is 15.5. The van der Waals surface area contributed by atoms with Gasteiger partial charge in [0.15, 0.2) is 0 Å². The van der Waals surface area contributed by atoms with Crippen molar-refractivity contribution in [1.29, 1.82) is 0 Å². The molecule has 0 fully saturated rings. The van der Waals surface area contributed by atoms with Crippen molar-refractivity contribution in [2.24, 2.45) is 0 Å². The van der Waals surface area contributed by atoms with E-state index < -0.39 is 16.7 Å². The Kier molecular flexibility index (Phi) is 5.81. The minimum absolute atomic E-state index is 0.0794. The van der Waals surface area contributed by atoms with Crippen LogP contribution in [0.1, 0.15) is 18.1 Å². The smallest absolute Gasteiger partial charge is 0.282 e. The number of carbonyl (C=O) groups is 2. The first-order valence-electron chi connectivity index (χ1n) is 10.2. The molecular formula is C25H21N3O4. The lowest BCUT2D eigenvalue weighted by molar-refractivity contribution is -0.384. The molecule has 1 aliphatic heterocycles. The van der Waals surface area contributed by atoms with Crippen molar-refractivity contribution < 1.29 is 14.5 Å². The number of carbonyl (C=O) groups excluding carboxylic acids is 2. The van der Waals surface area contributed by atoms with Gasteiger partial charge in [0.05, 0.1) is 16.2 Å². The molecule has 0 N–H and O–H groups in total. The molecule has 0 bridgehead atoms. The maximum atomic E-state index is 13.6. The van der Waals surface area contributed by atoms with E-state index in [-0.39, 0.29) is 11.3 Å². The van der Waals surface area contributed by atoms with Gasteiger partial charge in [-0.1, -0.05) is 48.5 Å². The zero-order valence-corrected chi connectivity index (χ0v) is 17.5. The van der Waals surface area contributed by atoms with Crippen molar-refractivity contribution >= 4 is 28.8 Å². The second-order valence-corrected chi connectivity index (χ2v) is 7.31. The molecule has 3 aromatic rings. The summed E-state index contributed by atoms with van der Waals surface area (Å²) in [5, 5.41) is 11.1. The predicted octanol–water partition coefficient (Wildman–Crippen LogP) is 4.40. The van der Waals surface area contributed by atoms with Gasteiger partial charge in [0.25, 0.3) is 17.5 Å². The molecule has 0 spiro atoms. The molecule has 7 heteroatoms. The summed E-state index contributed by atoms with van der Waals surface area (Å²) in [6.45, 7) is 2.87. The quantitative estimate of drug-likeness (QED) is 0.317. The highest BCUT2D eigenvalue weighted by Gasteiger charge is 2.42. The van der Waals surface area contributed by atoms with E-state index in [0.29, 0.717) is 30.0 Å². The highest BCUT2D eigenvalue weighted by atomic mass is 16.6. The van der Waals surface area contributed by atoms with Crippen LogP contribution in [0.3, 0.4) is 0 Å². The second-order valence-electron chi connectivity index (χ2n) is 7.31. The molecule has 0 unspecified atom stereocenters. The predicted molar refractivity (Wildman–Crippen MR) is 121 cm³/mol. The van der Waals surface area contributed by atoms with Gasteiger partial charge in [-0.05, 0) is 42.3 Å². The number of nitrogens with zero attached hydrogens (tertiary/aromatic N) is 3. The molecule has 7 nitrogen and oxygen atoms in total. The first-order valence-corrected chi connectivity index (χ1v) is 10.2. The molecule has 32 heavy (non-hydrogen) atoms. The molecule has 2 amide bonds. The van der Waals surface area contributed by atoms with Gasteiger partial charge in [-0.3, -0.25) is 19.7 Å². The topological polar surface area (TPSA) is 83.8 Å². The monoisotopic (exact) mass is 427 g/mol. The Morgan fingerprint density at radius 3 is 2.00 bits per heavy atom. The minimum atomic E-state index is -0.495. The summed E-state index contributed by atoms with van der Waals surface area (Å²) in [7, 11) is 0. The van der Waals surface area contributed by atoms with Gasteiger partial charge in [0, 0.05) is 25.2 Å². The minimum Gasteiger partial charge on any atom is -0.362 e. The lowest BCUT2D eigenvalue weighted by atomic mass is 10.0. The molecule has 3 aromatic carbocycles. The maximum Gasteiger partial charge on any atom is 0.282 e. The molecule has 0 saturated carbocycles. The largest absolute Gasteiger partial charge is 0.362 e. The number of rotatable bonds is 7. The summed E-state index contributed by atoms with van der Waals surface area (Å²) in [5.41, 5.74) is 2.40. The summed E-state index contributed by atoms with van der Waals surface area (Å²) in [6, 6.07) is 24.2. The SMILES string of the molecule is CCN(Cc1ccccc1)C1=C(c2ccc([N+](=O)[O-])cc2)C(=O)N(c2ccccc2)C1=O. The third kappa shape index (κ3) is 3.88. The summed E-state index contributed by atoms with van der Waals surface area (Å²) in [4.78, 5) is 40.7. The van der Waals surface area contributed by atoms with Gasteiger partial charge in [-0.2, -0.15) is 0 Å². The fourth-order valence-electron chi connectivity index (χ4n) is 3.79. The van der Waals surface area contributed by atoms with Gasteiger partial charge in [0.1, 0.15) is 5.70 Å². The third-order valence-electron chi connectivity index (χ3n) is 5.35. The van der Waals surface area contributed by atoms with Crippen LogP contribution in [0.4, 0.5) is 11.4 Å². The van der Waals surface area contributed by atoms with E-state index >= 15 is 0 Å². The summed E-state index contributed by atoms with van der Waals surface area (Å²) in [6.07, 6.45) is 0. The zero-order valence-electron chi connectivity index (χ0n) is 17.5. The molecule has 0 saturated heterocycles. The lowest BCUT2D eigenvalue weighted by Crippen LogP contribution is -2.35. The van der Waals surface area contributed by atoms with Crippen molar-refractivity contribution in [3.05, 3.63) is 112 Å². The number of nitro benzene ring substituents is 1.